The van der Waals surface area contributed by atoms with E-state index in [-0.39, 0.29) is 41.7 Å². The average molecular weight is 524 g/mol. The smallest absolute Gasteiger partial charge is 0.387 e. The van der Waals surface area contributed by atoms with Crippen molar-refractivity contribution in [2.45, 2.75) is 52.8 Å². The van der Waals surface area contributed by atoms with E-state index in [0.29, 0.717) is 24.6 Å². The number of aliphatic imine (C=N–C) groups is 1. The zero-order valence-electron chi connectivity index (χ0n) is 16.5. The Morgan fingerprint density at radius 2 is 1.96 bits per heavy atom. The van der Waals surface area contributed by atoms with Gasteiger partial charge in [0.2, 0.25) is 0 Å². The highest BCUT2D eigenvalue weighted by Crippen LogP contribution is 2.25. The maximum atomic E-state index is 12.5. The van der Waals surface area contributed by atoms with Crippen molar-refractivity contribution in [1.82, 2.24) is 15.6 Å². The third-order valence-electron chi connectivity index (χ3n) is 3.57. The van der Waals surface area contributed by atoms with Gasteiger partial charge in [0.25, 0.3) is 0 Å². The Balaban J connectivity index is 0.00000392. The summed E-state index contributed by atoms with van der Waals surface area (Å²) in [6.07, 6.45) is 0. The standard InChI is InChI=1S/C19H26F2N4OS.HI/c1-5-22-18(24-11-14-12-27-16(25-14)19(2,3)4)23-10-13-8-6-7-9-15(13)26-17(20)21;/h6-9,12,17H,5,10-11H2,1-4H3,(H2,22,23,24);1H. The van der Waals surface area contributed by atoms with Crippen molar-refractivity contribution in [3.63, 3.8) is 0 Å². The van der Waals surface area contributed by atoms with Crippen LogP contribution in [-0.2, 0) is 18.5 Å². The fourth-order valence-electron chi connectivity index (χ4n) is 2.26. The van der Waals surface area contributed by atoms with Gasteiger partial charge in [-0.3, -0.25) is 0 Å². The maximum absolute atomic E-state index is 12.5. The highest BCUT2D eigenvalue weighted by molar-refractivity contribution is 14.0. The van der Waals surface area contributed by atoms with E-state index in [9.17, 15) is 8.78 Å². The molecular formula is C19H27F2IN4OS. The number of aromatic nitrogens is 1. The number of hydrogen-bond acceptors (Lipinski definition) is 4. The second kappa shape index (κ2) is 11.5. The van der Waals surface area contributed by atoms with Crippen LogP contribution in [0.1, 0.15) is 44.0 Å². The van der Waals surface area contributed by atoms with Gasteiger partial charge in [0.15, 0.2) is 5.96 Å². The molecule has 0 spiro atoms. The second-order valence-corrected chi connectivity index (χ2v) is 7.79. The topological polar surface area (TPSA) is 58.5 Å². The average Bonchev–Trinajstić information content (AvgIpc) is 3.07. The number of guanidine groups is 1. The Kier molecular flexibility index (Phi) is 10.1. The van der Waals surface area contributed by atoms with E-state index >= 15 is 0 Å². The summed E-state index contributed by atoms with van der Waals surface area (Å²) >= 11 is 1.64. The van der Waals surface area contributed by atoms with Crippen LogP contribution >= 0.6 is 35.3 Å². The van der Waals surface area contributed by atoms with Gasteiger partial charge in [-0.25, -0.2) is 9.98 Å². The summed E-state index contributed by atoms with van der Waals surface area (Å²) in [5.41, 5.74) is 1.56. The molecule has 0 saturated heterocycles. The zero-order valence-corrected chi connectivity index (χ0v) is 19.6. The second-order valence-electron chi connectivity index (χ2n) is 6.93. The Morgan fingerprint density at radius 1 is 1.25 bits per heavy atom. The molecule has 5 nitrogen and oxygen atoms in total. The first-order valence-corrected chi connectivity index (χ1v) is 9.67. The molecular weight excluding hydrogens is 497 g/mol. The molecule has 0 saturated carbocycles. The minimum Gasteiger partial charge on any atom is -0.434 e. The molecule has 9 heteroatoms. The van der Waals surface area contributed by atoms with Crippen LogP contribution in [0.2, 0.25) is 0 Å². The summed E-state index contributed by atoms with van der Waals surface area (Å²) in [4.78, 5) is 9.12. The van der Waals surface area contributed by atoms with Crippen LogP contribution in [0.4, 0.5) is 8.78 Å². The number of halogens is 3. The molecule has 0 atom stereocenters. The highest BCUT2D eigenvalue weighted by Gasteiger charge is 2.18. The van der Waals surface area contributed by atoms with Crippen molar-refractivity contribution in [3.05, 3.63) is 45.9 Å². The number of nitrogens with one attached hydrogen (secondary N) is 2. The van der Waals surface area contributed by atoms with Crippen molar-refractivity contribution in [1.29, 1.82) is 0 Å². The molecule has 2 aromatic rings. The van der Waals surface area contributed by atoms with Crippen LogP contribution in [0.15, 0.2) is 34.6 Å². The van der Waals surface area contributed by atoms with E-state index in [4.69, 9.17) is 0 Å². The summed E-state index contributed by atoms with van der Waals surface area (Å²) in [6, 6.07) is 6.66. The number of benzene rings is 1. The van der Waals surface area contributed by atoms with Gasteiger partial charge in [-0.2, -0.15) is 8.78 Å². The molecule has 1 aromatic carbocycles. The lowest BCUT2D eigenvalue weighted by Gasteiger charge is -2.14. The lowest BCUT2D eigenvalue weighted by Crippen LogP contribution is -2.36. The van der Waals surface area contributed by atoms with Gasteiger partial charge in [-0.05, 0) is 13.0 Å². The zero-order chi connectivity index (χ0) is 19.9. The van der Waals surface area contributed by atoms with Crippen LogP contribution < -0.4 is 15.4 Å². The molecule has 2 N–H and O–H groups in total. The van der Waals surface area contributed by atoms with Crippen molar-refractivity contribution in [2.24, 2.45) is 4.99 Å². The lowest BCUT2D eigenvalue weighted by molar-refractivity contribution is -0.0504. The Hall–Kier alpha value is -1.49. The largest absolute Gasteiger partial charge is 0.434 e. The molecule has 0 aliphatic carbocycles. The first-order chi connectivity index (χ1) is 12.8. The summed E-state index contributed by atoms with van der Waals surface area (Å²) in [7, 11) is 0. The number of ether oxygens (including phenoxy) is 1. The number of alkyl halides is 2. The summed E-state index contributed by atoms with van der Waals surface area (Å²) in [6.45, 7) is 6.95. The van der Waals surface area contributed by atoms with Crippen molar-refractivity contribution >= 4 is 41.3 Å². The molecule has 1 heterocycles. The van der Waals surface area contributed by atoms with Gasteiger partial charge in [0.1, 0.15) is 5.75 Å². The van der Waals surface area contributed by atoms with E-state index in [0.717, 1.165) is 10.7 Å². The van der Waals surface area contributed by atoms with Gasteiger partial charge >= 0.3 is 6.61 Å². The van der Waals surface area contributed by atoms with E-state index in [1.165, 1.54) is 6.07 Å². The molecule has 0 radical (unpaired) electrons. The SMILES string of the molecule is CCNC(=NCc1ccccc1OC(F)F)NCc1csc(C(C)(C)C)n1.I. The van der Waals surface area contributed by atoms with Crippen molar-refractivity contribution in [3.8, 4) is 5.75 Å². The summed E-state index contributed by atoms with van der Waals surface area (Å²) in [5, 5.41) is 9.49. The van der Waals surface area contributed by atoms with Crippen molar-refractivity contribution in [2.75, 3.05) is 6.54 Å². The monoisotopic (exact) mass is 524 g/mol. The van der Waals surface area contributed by atoms with Gasteiger partial charge in [-0.1, -0.05) is 39.0 Å². The van der Waals surface area contributed by atoms with E-state index < -0.39 is 6.61 Å². The Morgan fingerprint density at radius 3 is 2.57 bits per heavy atom. The first-order valence-electron chi connectivity index (χ1n) is 8.79. The fraction of sp³-hybridized carbons (Fsp3) is 0.474. The van der Waals surface area contributed by atoms with Crippen LogP contribution in [0, 0.1) is 0 Å². The summed E-state index contributed by atoms with van der Waals surface area (Å²) in [5.74, 6) is 0.732. The van der Waals surface area contributed by atoms with E-state index in [1.54, 1.807) is 29.5 Å². The molecule has 1 aromatic heterocycles. The Bertz CT molecular complexity index is 762. The molecule has 0 aliphatic rings. The minimum atomic E-state index is -2.86. The normalized spacial score (nSPS) is 11.9. The molecule has 0 fully saturated rings. The minimum absolute atomic E-state index is 0. The molecule has 0 aliphatic heterocycles. The Labute approximate surface area is 186 Å². The predicted molar refractivity (Wildman–Crippen MR) is 121 cm³/mol. The van der Waals surface area contributed by atoms with Crippen LogP contribution in [0.25, 0.3) is 0 Å². The van der Waals surface area contributed by atoms with Gasteiger partial charge in [0.05, 0.1) is 23.8 Å². The molecule has 0 unspecified atom stereocenters. The van der Waals surface area contributed by atoms with Crippen LogP contribution in [0.5, 0.6) is 5.75 Å². The number of thiazole rings is 1. The predicted octanol–water partition coefficient (Wildman–Crippen LogP) is 4.92. The first kappa shape index (κ1) is 24.5. The third-order valence-corrected chi connectivity index (χ3v) is 4.89. The third kappa shape index (κ3) is 7.86. The molecule has 2 rings (SSSR count). The number of hydrogen-bond donors (Lipinski definition) is 2. The molecule has 28 heavy (non-hydrogen) atoms. The van der Waals surface area contributed by atoms with E-state index in [2.05, 4.69) is 46.1 Å². The fourth-order valence-corrected chi connectivity index (χ4v) is 3.17. The highest BCUT2D eigenvalue weighted by atomic mass is 127. The van der Waals surface area contributed by atoms with E-state index in [1.807, 2.05) is 12.3 Å². The lowest BCUT2D eigenvalue weighted by atomic mass is 9.98. The van der Waals surface area contributed by atoms with Gasteiger partial charge < -0.3 is 15.4 Å². The van der Waals surface area contributed by atoms with Crippen LogP contribution in [-0.4, -0.2) is 24.1 Å². The number of rotatable bonds is 7. The van der Waals surface area contributed by atoms with Crippen molar-refractivity contribution < 1.29 is 13.5 Å². The van der Waals surface area contributed by atoms with Gasteiger partial charge in [-0.15, -0.1) is 35.3 Å². The maximum Gasteiger partial charge on any atom is 0.387 e. The number of nitrogens with zero attached hydrogens (tertiary/aromatic N) is 2. The quantitative estimate of drug-likeness (QED) is 0.307. The van der Waals surface area contributed by atoms with Gasteiger partial charge in [0, 0.05) is 22.9 Å². The molecule has 156 valence electrons. The van der Waals surface area contributed by atoms with Crippen LogP contribution in [0.3, 0.4) is 0 Å². The molecule has 0 amide bonds. The summed E-state index contributed by atoms with van der Waals surface area (Å²) < 4.78 is 29.6. The number of para-hydroxylation sites is 1. The molecule has 0 bridgehead atoms.